The number of hydrogen-bond donors (Lipinski definition) is 2. The van der Waals surface area contributed by atoms with Crippen LogP contribution in [0.25, 0.3) is 0 Å². The summed E-state index contributed by atoms with van der Waals surface area (Å²) in [6.45, 7) is 2.06. The van der Waals surface area contributed by atoms with Crippen LogP contribution in [0, 0.1) is 0 Å². The zero-order valence-corrected chi connectivity index (χ0v) is 9.77. The highest BCUT2D eigenvalue weighted by atomic mass is 15.5. The summed E-state index contributed by atoms with van der Waals surface area (Å²) in [7, 11) is 3.80. The fraction of sp³-hybridized carbons (Fsp3) is 0.600. The van der Waals surface area contributed by atoms with Gasteiger partial charge in [0, 0.05) is 27.2 Å². The van der Waals surface area contributed by atoms with E-state index in [9.17, 15) is 0 Å². The van der Waals surface area contributed by atoms with Gasteiger partial charge in [-0.15, -0.1) is 0 Å². The molecule has 1 aliphatic heterocycles. The molecule has 1 aromatic heterocycles. The molecule has 1 aromatic rings. The second kappa shape index (κ2) is 4.52. The molecule has 1 aliphatic rings. The molecule has 2 heterocycles. The van der Waals surface area contributed by atoms with Crippen LogP contribution in [0.1, 0.15) is 12.8 Å². The van der Waals surface area contributed by atoms with Crippen LogP contribution in [0.2, 0.25) is 0 Å². The van der Waals surface area contributed by atoms with Crippen LogP contribution in [-0.4, -0.2) is 42.2 Å². The summed E-state index contributed by atoms with van der Waals surface area (Å²) in [6, 6.07) is 0. The zero-order chi connectivity index (χ0) is 11.5. The maximum atomic E-state index is 6.06. The van der Waals surface area contributed by atoms with Gasteiger partial charge in [-0.2, -0.15) is 0 Å². The number of anilines is 3. The fourth-order valence-corrected chi connectivity index (χ4v) is 1.87. The van der Waals surface area contributed by atoms with Crippen molar-refractivity contribution in [2.45, 2.75) is 12.8 Å². The summed E-state index contributed by atoms with van der Waals surface area (Å²) in [5.41, 5.74) is 9.75. The molecule has 6 nitrogen and oxygen atoms in total. The number of aromatic nitrogens is 2. The normalized spacial score (nSPS) is 15.8. The largest absolute Gasteiger partial charge is 0.393 e. The van der Waals surface area contributed by atoms with Crippen molar-refractivity contribution in [2.75, 3.05) is 43.2 Å². The van der Waals surface area contributed by atoms with E-state index in [0.717, 1.165) is 18.9 Å². The van der Waals surface area contributed by atoms with Crippen molar-refractivity contribution in [1.82, 2.24) is 15.0 Å². The predicted molar refractivity (Wildman–Crippen MR) is 65.2 cm³/mol. The minimum Gasteiger partial charge on any atom is -0.393 e. The molecule has 0 radical (unpaired) electrons. The van der Waals surface area contributed by atoms with Crippen molar-refractivity contribution in [3.8, 4) is 0 Å². The van der Waals surface area contributed by atoms with E-state index in [0.29, 0.717) is 11.5 Å². The molecule has 16 heavy (non-hydrogen) atoms. The Hall–Kier alpha value is -1.56. The lowest BCUT2D eigenvalue weighted by atomic mass is 10.4. The summed E-state index contributed by atoms with van der Waals surface area (Å²) >= 11 is 0. The molecule has 0 unspecified atom stereocenters. The summed E-state index contributed by atoms with van der Waals surface area (Å²) in [5, 5.41) is 1.81. The van der Waals surface area contributed by atoms with Crippen molar-refractivity contribution in [1.29, 1.82) is 0 Å². The van der Waals surface area contributed by atoms with Crippen molar-refractivity contribution >= 4 is 17.3 Å². The zero-order valence-electron chi connectivity index (χ0n) is 9.77. The van der Waals surface area contributed by atoms with E-state index < -0.39 is 0 Å². The lowest BCUT2D eigenvalue weighted by molar-refractivity contribution is 0.492. The topological polar surface area (TPSA) is 70.3 Å². The third-order valence-corrected chi connectivity index (χ3v) is 2.60. The molecular weight excluding hydrogens is 204 g/mol. The summed E-state index contributed by atoms with van der Waals surface area (Å²) in [5.74, 6) is 1.51. The van der Waals surface area contributed by atoms with Gasteiger partial charge in [0.1, 0.15) is 12.0 Å². The summed E-state index contributed by atoms with van der Waals surface area (Å²) < 4.78 is 0. The van der Waals surface area contributed by atoms with Crippen LogP contribution in [0.4, 0.5) is 17.3 Å². The SMILES string of the molecule is CN(C)Nc1ncnc(N2CCCC2)c1N. The van der Waals surface area contributed by atoms with Crippen LogP contribution in [-0.2, 0) is 0 Å². The van der Waals surface area contributed by atoms with Crippen LogP contribution < -0.4 is 16.1 Å². The Labute approximate surface area is 95.4 Å². The first-order chi connectivity index (χ1) is 7.68. The van der Waals surface area contributed by atoms with Gasteiger partial charge in [0.25, 0.3) is 0 Å². The molecule has 0 bridgehead atoms. The van der Waals surface area contributed by atoms with Crippen molar-refractivity contribution in [3.05, 3.63) is 6.33 Å². The Kier molecular flexibility index (Phi) is 3.09. The number of hydrazine groups is 1. The minimum absolute atomic E-state index is 0.623. The Morgan fingerprint density at radius 3 is 2.62 bits per heavy atom. The quantitative estimate of drug-likeness (QED) is 0.728. The molecule has 3 N–H and O–H groups in total. The smallest absolute Gasteiger partial charge is 0.169 e. The number of hydrogen-bond acceptors (Lipinski definition) is 6. The molecule has 0 aliphatic carbocycles. The van der Waals surface area contributed by atoms with Crippen LogP contribution in [0.15, 0.2) is 6.33 Å². The highest BCUT2D eigenvalue weighted by Crippen LogP contribution is 2.28. The van der Waals surface area contributed by atoms with Gasteiger partial charge in [0.15, 0.2) is 11.6 Å². The van der Waals surface area contributed by atoms with E-state index >= 15 is 0 Å². The average Bonchev–Trinajstić information content (AvgIpc) is 2.73. The van der Waals surface area contributed by atoms with Gasteiger partial charge in [-0.1, -0.05) is 0 Å². The van der Waals surface area contributed by atoms with Gasteiger partial charge in [0.2, 0.25) is 0 Å². The van der Waals surface area contributed by atoms with Gasteiger partial charge in [-0.3, -0.25) is 0 Å². The molecule has 1 fully saturated rings. The number of rotatable bonds is 3. The molecule has 6 heteroatoms. The highest BCUT2D eigenvalue weighted by molar-refractivity contribution is 5.74. The molecular formula is C10H18N6. The summed E-state index contributed by atoms with van der Waals surface area (Å²) in [4.78, 5) is 10.6. The van der Waals surface area contributed by atoms with Crippen LogP contribution in [0.5, 0.6) is 0 Å². The third-order valence-electron chi connectivity index (χ3n) is 2.60. The van der Waals surface area contributed by atoms with Gasteiger partial charge in [-0.05, 0) is 12.8 Å². The standard InChI is InChI=1S/C10H18N6/c1-15(2)14-9-8(11)10(13-7-12-9)16-5-3-4-6-16/h7H,3-6,11H2,1-2H3,(H,12,13,14). The predicted octanol–water partition coefficient (Wildman–Crippen LogP) is 0.547. The van der Waals surface area contributed by atoms with Gasteiger partial charge < -0.3 is 16.1 Å². The molecule has 0 amide bonds. The van der Waals surface area contributed by atoms with E-state index in [1.54, 1.807) is 6.33 Å². The van der Waals surface area contributed by atoms with E-state index in [4.69, 9.17) is 5.73 Å². The molecule has 88 valence electrons. The first kappa shape index (κ1) is 10.9. The van der Waals surface area contributed by atoms with Crippen LogP contribution in [0.3, 0.4) is 0 Å². The molecule has 0 saturated carbocycles. The second-order valence-corrected chi connectivity index (χ2v) is 4.16. The van der Waals surface area contributed by atoms with E-state index in [1.807, 2.05) is 19.1 Å². The molecule has 1 saturated heterocycles. The number of nitrogens with two attached hydrogens (primary N) is 1. The number of nitrogen functional groups attached to an aromatic ring is 1. The first-order valence-electron chi connectivity index (χ1n) is 5.48. The molecule has 0 spiro atoms. The lowest BCUT2D eigenvalue weighted by Crippen LogP contribution is -2.24. The van der Waals surface area contributed by atoms with Crippen LogP contribution >= 0.6 is 0 Å². The lowest BCUT2D eigenvalue weighted by Gasteiger charge is -2.21. The maximum absolute atomic E-state index is 6.06. The molecule has 0 atom stereocenters. The van der Waals surface area contributed by atoms with Gasteiger partial charge in [0.05, 0.1) is 0 Å². The van der Waals surface area contributed by atoms with Gasteiger partial charge in [-0.25, -0.2) is 15.0 Å². The van der Waals surface area contributed by atoms with E-state index in [1.165, 1.54) is 12.8 Å². The fourth-order valence-electron chi connectivity index (χ4n) is 1.87. The number of nitrogens with one attached hydrogen (secondary N) is 1. The number of nitrogens with zero attached hydrogens (tertiary/aromatic N) is 4. The second-order valence-electron chi connectivity index (χ2n) is 4.16. The van der Waals surface area contributed by atoms with Crippen molar-refractivity contribution in [2.24, 2.45) is 0 Å². The Balaban J connectivity index is 2.24. The van der Waals surface area contributed by atoms with Crippen molar-refractivity contribution < 1.29 is 0 Å². The van der Waals surface area contributed by atoms with Crippen molar-refractivity contribution in [3.63, 3.8) is 0 Å². The minimum atomic E-state index is 0.623. The summed E-state index contributed by atoms with van der Waals surface area (Å²) in [6.07, 6.45) is 3.97. The molecule has 0 aromatic carbocycles. The average molecular weight is 222 g/mol. The third kappa shape index (κ3) is 2.16. The molecule has 2 rings (SSSR count). The Bertz CT molecular complexity index is 358. The van der Waals surface area contributed by atoms with E-state index in [-0.39, 0.29) is 0 Å². The first-order valence-corrected chi connectivity index (χ1v) is 5.48. The van der Waals surface area contributed by atoms with Gasteiger partial charge >= 0.3 is 0 Å². The highest BCUT2D eigenvalue weighted by Gasteiger charge is 2.18. The monoisotopic (exact) mass is 222 g/mol. The van der Waals surface area contributed by atoms with E-state index in [2.05, 4.69) is 20.3 Å². The Morgan fingerprint density at radius 1 is 1.31 bits per heavy atom. The maximum Gasteiger partial charge on any atom is 0.169 e. The Morgan fingerprint density at radius 2 is 2.00 bits per heavy atom.